The predicted molar refractivity (Wildman–Crippen MR) is 67.0 cm³/mol. The summed E-state index contributed by atoms with van der Waals surface area (Å²) in [4.78, 5) is 8.14. The third-order valence-electron chi connectivity index (χ3n) is 3.36. The van der Waals surface area contributed by atoms with Gasteiger partial charge in [0.25, 0.3) is 0 Å². The van der Waals surface area contributed by atoms with Crippen LogP contribution in [0, 0.1) is 0 Å². The van der Waals surface area contributed by atoms with Crippen LogP contribution in [-0.4, -0.2) is 22.0 Å². The lowest BCUT2D eigenvalue weighted by molar-refractivity contribution is 0.724. The van der Waals surface area contributed by atoms with E-state index in [4.69, 9.17) is 10.7 Å². The maximum Gasteiger partial charge on any atom is 0.195 e. The van der Waals surface area contributed by atoms with Crippen molar-refractivity contribution in [2.24, 2.45) is 5.73 Å². The lowest BCUT2D eigenvalue weighted by Crippen LogP contribution is -2.28. The summed E-state index contributed by atoms with van der Waals surface area (Å²) in [6.07, 6.45) is 4.57. The highest BCUT2D eigenvalue weighted by atomic mass is 32.1. The number of hydrogen-bond acceptors (Lipinski definition) is 4. The van der Waals surface area contributed by atoms with Gasteiger partial charge in [0.05, 0.1) is 5.69 Å². The Kier molecular flexibility index (Phi) is 2.37. The van der Waals surface area contributed by atoms with Crippen LogP contribution in [0.25, 0.3) is 4.96 Å². The van der Waals surface area contributed by atoms with Gasteiger partial charge in [-0.2, -0.15) is 0 Å². The molecule has 2 N–H and O–H groups in total. The Morgan fingerprint density at radius 1 is 1.62 bits per heavy atom. The topological polar surface area (TPSA) is 46.6 Å². The van der Waals surface area contributed by atoms with E-state index in [-0.39, 0.29) is 0 Å². The molecule has 0 radical (unpaired) electrons. The Bertz CT molecular complexity index is 501. The molecule has 2 aromatic heterocycles. The molecular weight excluding hydrogens is 220 g/mol. The van der Waals surface area contributed by atoms with Gasteiger partial charge in [-0.25, -0.2) is 4.98 Å². The van der Waals surface area contributed by atoms with Gasteiger partial charge in [0.15, 0.2) is 10.8 Å². The highest BCUT2D eigenvalue weighted by Gasteiger charge is 2.25. The first kappa shape index (κ1) is 10.1. The summed E-state index contributed by atoms with van der Waals surface area (Å²) in [5.41, 5.74) is 6.99. The quantitative estimate of drug-likeness (QED) is 0.865. The average molecular weight is 236 g/mol. The monoisotopic (exact) mass is 236 g/mol. The van der Waals surface area contributed by atoms with Crippen LogP contribution in [0.2, 0.25) is 0 Å². The molecule has 1 atom stereocenters. The molecule has 3 rings (SSSR count). The molecule has 0 aliphatic carbocycles. The minimum absolute atomic E-state index is 0.552. The van der Waals surface area contributed by atoms with Crippen LogP contribution in [0.3, 0.4) is 0 Å². The number of imidazole rings is 1. The molecule has 16 heavy (non-hydrogen) atoms. The molecule has 4 nitrogen and oxygen atoms in total. The number of hydrogen-bond donors (Lipinski definition) is 1. The molecule has 0 bridgehead atoms. The second kappa shape index (κ2) is 3.75. The van der Waals surface area contributed by atoms with Crippen LogP contribution in [0.15, 0.2) is 11.6 Å². The van der Waals surface area contributed by atoms with Crippen molar-refractivity contribution in [3.63, 3.8) is 0 Å². The molecule has 0 aromatic carbocycles. The third kappa shape index (κ3) is 1.35. The molecule has 1 aliphatic rings. The highest BCUT2D eigenvalue weighted by Crippen LogP contribution is 2.29. The number of anilines is 1. The van der Waals surface area contributed by atoms with Crippen molar-refractivity contribution in [1.29, 1.82) is 0 Å². The molecule has 5 heteroatoms. The first-order valence-electron chi connectivity index (χ1n) is 5.72. The zero-order valence-electron chi connectivity index (χ0n) is 9.39. The number of nitrogens with zero attached hydrogens (tertiary/aromatic N) is 3. The Morgan fingerprint density at radius 3 is 3.19 bits per heavy atom. The molecule has 86 valence electrons. The largest absolute Gasteiger partial charge is 0.352 e. The molecule has 2 aromatic rings. The summed E-state index contributed by atoms with van der Waals surface area (Å²) in [7, 11) is 0. The van der Waals surface area contributed by atoms with Crippen molar-refractivity contribution in [1.82, 2.24) is 9.38 Å². The lowest BCUT2D eigenvalue weighted by Gasteiger charge is -2.22. The zero-order valence-corrected chi connectivity index (χ0v) is 10.2. The number of nitrogens with two attached hydrogens (primary N) is 1. The van der Waals surface area contributed by atoms with Gasteiger partial charge < -0.3 is 10.6 Å². The molecule has 1 aliphatic heterocycles. The maximum atomic E-state index is 5.85. The average Bonchev–Trinajstić information content (AvgIpc) is 2.90. The fraction of sp³-hybridized carbons (Fsp3) is 0.545. The summed E-state index contributed by atoms with van der Waals surface area (Å²) in [5, 5.41) is 2.05. The van der Waals surface area contributed by atoms with Crippen LogP contribution < -0.4 is 10.6 Å². The van der Waals surface area contributed by atoms with Gasteiger partial charge in [-0.1, -0.05) is 0 Å². The molecular formula is C11H16N4S. The Labute approximate surface area is 98.7 Å². The van der Waals surface area contributed by atoms with Gasteiger partial charge >= 0.3 is 0 Å². The van der Waals surface area contributed by atoms with Gasteiger partial charge in [-0.15, -0.1) is 11.3 Å². The molecule has 1 saturated heterocycles. The van der Waals surface area contributed by atoms with Crippen molar-refractivity contribution in [2.75, 3.05) is 11.4 Å². The van der Waals surface area contributed by atoms with Crippen molar-refractivity contribution in [3.05, 3.63) is 17.3 Å². The van der Waals surface area contributed by atoms with E-state index in [0.29, 0.717) is 12.6 Å². The van der Waals surface area contributed by atoms with Crippen LogP contribution in [0.5, 0.6) is 0 Å². The molecule has 0 amide bonds. The number of thiazole rings is 1. The van der Waals surface area contributed by atoms with E-state index in [2.05, 4.69) is 27.8 Å². The molecule has 0 spiro atoms. The van der Waals surface area contributed by atoms with E-state index in [0.717, 1.165) is 23.0 Å². The third-order valence-corrected chi connectivity index (χ3v) is 4.11. The van der Waals surface area contributed by atoms with E-state index in [1.165, 1.54) is 12.8 Å². The van der Waals surface area contributed by atoms with Crippen molar-refractivity contribution < 1.29 is 0 Å². The number of fused-ring (bicyclic) bond motifs is 1. The van der Waals surface area contributed by atoms with Gasteiger partial charge in [-0.3, -0.25) is 4.40 Å². The smallest absolute Gasteiger partial charge is 0.195 e. The Balaban J connectivity index is 2.11. The summed E-state index contributed by atoms with van der Waals surface area (Å²) in [6, 6.07) is 0.593. The number of aromatic nitrogens is 2. The van der Waals surface area contributed by atoms with Gasteiger partial charge in [0, 0.05) is 30.7 Å². The van der Waals surface area contributed by atoms with E-state index in [9.17, 15) is 0 Å². The van der Waals surface area contributed by atoms with Crippen molar-refractivity contribution in [3.8, 4) is 0 Å². The zero-order chi connectivity index (χ0) is 11.1. The van der Waals surface area contributed by atoms with Crippen LogP contribution >= 0.6 is 11.3 Å². The maximum absolute atomic E-state index is 5.85. The first-order chi connectivity index (χ1) is 7.81. The first-order valence-corrected chi connectivity index (χ1v) is 6.60. The van der Waals surface area contributed by atoms with E-state index < -0.39 is 0 Å². The Hall–Kier alpha value is -1.07. The molecule has 1 unspecified atom stereocenters. The minimum Gasteiger partial charge on any atom is -0.352 e. The van der Waals surface area contributed by atoms with E-state index in [1.807, 2.05) is 0 Å². The highest BCUT2D eigenvalue weighted by molar-refractivity contribution is 7.15. The second-order valence-corrected chi connectivity index (χ2v) is 5.20. The normalized spacial score (nSPS) is 21.1. The number of rotatable bonds is 2. The standard InChI is InChI=1S/C11H16N4S/c1-8-3-2-4-14(8)10-9(7-12)15-5-6-16-11(15)13-10/h5-6,8H,2-4,7,12H2,1H3. The predicted octanol–water partition coefficient (Wildman–Crippen LogP) is 1.84. The fourth-order valence-electron chi connectivity index (χ4n) is 2.49. The summed E-state index contributed by atoms with van der Waals surface area (Å²) in [5.74, 6) is 1.10. The summed E-state index contributed by atoms with van der Waals surface area (Å²) >= 11 is 1.67. The SMILES string of the molecule is CC1CCCN1c1nc2sccn2c1CN. The molecule has 3 heterocycles. The second-order valence-electron chi connectivity index (χ2n) is 4.33. The fourth-order valence-corrected chi connectivity index (χ4v) is 3.22. The Morgan fingerprint density at radius 2 is 2.50 bits per heavy atom. The van der Waals surface area contributed by atoms with Crippen LogP contribution in [-0.2, 0) is 6.54 Å². The minimum atomic E-state index is 0.552. The van der Waals surface area contributed by atoms with Crippen LogP contribution in [0.4, 0.5) is 5.82 Å². The van der Waals surface area contributed by atoms with Gasteiger partial charge in [-0.05, 0) is 19.8 Å². The van der Waals surface area contributed by atoms with Crippen molar-refractivity contribution in [2.45, 2.75) is 32.4 Å². The van der Waals surface area contributed by atoms with E-state index in [1.54, 1.807) is 11.3 Å². The van der Waals surface area contributed by atoms with Gasteiger partial charge in [0.2, 0.25) is 0 Å². The van der Waals surface area contributed by atoms with Crippen molar-refractivity contribution >= 4 is 22.1 Å². The summed E-state index contributed by atoms with van der Waals surface area (Å²) < 4.78 is 2.12. The lowest BCUT2D eigenvalue weighted by atomic mass is 10.2. The van der Waals surface area contributed by atoms with Gasteiger partial charge in [0.1, 0.15) is 0 Å². The van der Waals surface area contributed by atoms with Crippen LogP contribution in [0.1, 0.15) is 25.5 Å². The molecule has 1 fully saturated rings. The van der Waals surface area contributed by atoms with E-state index >= 15 is 0 Å². The molecule has 0 saturated carbocycles. The summed E-state index contributed by atoms with van der Waals surface area (Å²) in [6.45, 7) is 3.93.